The van der Waals surface area contributed by atoms with Crippen molar-refractivity contribution in [3.8, 4) is 40.2 Å². The van der Waals surface area contributed by atoms with E-state index in [1.165, 1.54) is 0 Å². The Hall–Kier alpha value is -4.14. The summed E-state index contributed by atoms with van der Waals surface area (Å²) in [5.74, 6) is 3.99. The number of aromatic amines is 2. The van der Waals surface area contributed by atoms with E-state index in [4.69, 9.17) is 33.2 Å². The lowest BCUT2D eigenvalue weighted by Gasteiger charge is -2.14. The van der Waals surface area contributed by atoms with E-state index >= 15 is 0 Å². The van der Waals surface area contributed by atoms with Crippen LogP contribution in [0.5, 0.6) is 40.2 Å². The Morgan fingerprint density at radius 1 is 0.441 bits per heavy atom. The number of ether oxygens (including phenoxy) is 7. The van der Waals surface area contributed by atoms with E-state index in [9.17, 15) is 0 Å². The van der Waals surface area contributed by atoms with Crippen molar-refractivity contribution in [2.24, 2.45) is 0 Å². The lowest BCUT2D eigenvalue weighted by atomic mass is 10.0. The van der Waals surface area contributed by atoms with Gasteiger partial charge >= 0.3 is 0 Å². The van der Waals surface area contributed by atoms with Gasteiger partial charge < -0.3 is 43.1 Å². The summed E-state index contributed by atoms with van der Waals surface area (Å²) in [4.78, 5) is 7.04. The van der Waals surface area contributed by atoms with E-state index in [1.807, 2.05) is 18.2 Å². The molecule has 178 valence electrons. The SMILES string of the molecule is COc1cc2[nH]c3c4[nH]c5c(OC)c(OC)c(OC)cc5c4c(OC)c(OC)c3c2cc1OC. The standard InChI is InChI=1S/C25H26N2O7/c1-28-14-8-11-13(10-15(14)29-2)26-20-17(11)23(32-5)24(33-6)18-12-9-16(30-3)22(31-4)25(34-7)19(12)27-21(18)20/h8-10,26-27H,1-7H3. The lowest BCUT2D eigenvalue weighted by molar-refractivity contribution is 0.327. The monoisotopic (exact) mass is 466 g/mol. The van der Waals surface area contributed by atoms with Gasteiger partial charge in [0, 0.05) is 16.8 Å². The third kappa shape index (κ3) is 2.73. The van der Waals surface area contributed by atoms with Gasteiger partial charge in [-0.3, -0.25) is 0 Å². The van der Waals surface area contributed by atoms with Gasteiger partial charge in [-0.05, 0) is 12.1 Å². The van der Waals surface area contributed by atoms with Gasteiger partial charge in [0.25, 0.3) is 0 Å². The molecule has 34 heavy (non-hydrogen) atoms. The zero-order chi connectivity index (χ0) is 24.1. The quantitative estimate of drug-likeness (QED) is 0.348. The molecule has 5 aromatic rings. The minimum absolute atomic E-state index is 0.498. The molecule has 0 spiro atoms. The number of nitrogens with one attached hydrogen (secondary N) is 2. The van der Waals surface area contributed by atoms with E-state index in [2.05, 4.69) is 9.97 Å². The van der Waals surface area contributed by atoms with Crippen LogP contribution in [0.25, 0.3) is 43.6 Å². The molecular weight excluding hydrogens is 440 g/mol. The molecule has 0 aliphatic carbocycles. The molecule has 9 nitrogen and oxygen atoms in total. The number of H-pyrrole nitrogens is 2. The van der Waals surface area contributed by atoms with Crippen LogP contribution in [-0.4, -0.2) is 59.7 Å². The van der Waals surface area contributed by atoms with Gasteiger partial charge in [0.2, 0.25) is 5.75 Å². The first-order valence-corrected chi connectivity index (χ1v) is 10.5. The minimum atomic E-state index is 0.498. The highest BCUT2D eigenvalue weighted by molar-refractivity contribution is 6.27. The van der Waals surface area contributed by atoms with Crippen molar-refractivity contribution in [2.75, 3.05) is 49.8 Å². The van der Waals surface area contributed by atoms with Crippen LogP contribution in [0.3, 0.4) is 0 Å². The molecule has 0 fully saturated rings. The van der Waals surface area contributed by atoms with Gasteiger partial charge in [-0.25, -0.2) is 0 Å². The summed E-state index contributed by atoms with van der Waals surface area (Å²) in [7, 11) is 11.2. The maximum Gasteiger partial charge on any atom is 0.205 e. The number of hydrogen-bond acceptors (Lipinski definition) is 7. The Bertz CT molecular complexity index is 1570. The van der Waals surface area contributed by atoms with Gasteiger partial charge in [0.1, 0.15) is 0 Å². The predicted octanol–water partition coefficient (Wildman–Crippen LogP) is 5.02. The zero-order valence-corrected chi connectivity index (χ0v) is 20.1. The summed E-state index contributed by atoms with van der Waals surface area (Å²) in [5.41, 5.74) is 3.28. The third-order valence-electron chi connectivity index (χ3n) is 6.22. The fourth-order valence-corrected chi connectivity index (χ4v) is 4.78. The van der Waals surface area contributed by atoms with E-state index in [1.54, 1.807) is 49.8 Å². The van der Waals surface area contributed by atoms with E-state index in [0.29, 0.717) is 40.2 Å². The van der Waals surface area contributed by atoms with E-state index < -0.39 is 0 Å². The van der Waals surface area contributed by atoms with Gasteiger partial charge in [-0.1, -0.05) is 0 Å². The molecule has 0 amide bonds. The number of fused-ring (bicyclic) bond motifs is 7. The van der Waals surface area contributed by atoms with Crippen LogP contribution in [0.4, 0.5) is 0 Å². The van der Waals surface area contributed by atoms with Gasteiger partial charge in [0.15, 0.2) is 34.5 Å². The van der Waals surface area contributed by atoms with Crippen molar-refractivity contribution >= 4 is 43.6 Å². The van der Waals surface area contributed by atoms with Crippen LogP contribution in [-0.2, 0) is 0 Å². The van der Waals surface area contributed by atoms with Crippen LogP contribution in [0.1, 0.15) is 0 Å². The lowest BCUT2D eigenvalue weighted by Crippen LogP contribution is -1.95. The topological polar surface area (TPSA) is 96.2 Å². The Labute approximate surface area is 195 Å². The number of methoxy groups -OCH3 is 7. The summed E-state index contributed by atoms with van der Waals surface area (Å²) >= 11 is 0. The van der Waals surface area contributed by atoms with Crippen molar-refractivity contribution in [2.45, 2.75) is 0 Å². The second kappa shape index (κ2) is 8.02. The Morgan fingerprint density at radius 2 is 0.941 bits per heavy atom. The van der Waals surface area contributed by atoms with Crippen LogP contribution in [0.2, 0.25) is 0 Å². The Balaban J connectivity index is 2.05. The van der Waals surface area contributed by atoms with Crippen molar-refractivity contribution in [1.82, 2.24) is 9.97 Å². The smallest absolute Gasteiger partial charge is 0.205 e. The first-order valence-electron chi connectivity index (χ1n) is 10.5. The minimum Gasteiger partial charge on any atom is -0.493 e. The highest BCUT2D eigenvalue weighted by Crippen LogP contribution is 2.53. The molecule has 5 rings (SSSR count). The largest absolute Gasteiger partial charge is 0.493 e. The number of benzene rings is 3. The normalized spacial score (nSPS) is 11.4. The molecule has 2 N–H and O–H groups in total. The molecule has 0 atom stereocenters. The molecule has 9 heteroatoms. The fourth-order valence-electron chi connectivity index (χ4n) is 4.78. The van der Waals surface area contributed by atoms with Crippen molar-refractivity contribution in [3.05, 3.63) is 18.2 Å². The van der Waals surface area contributed by atoms with Crippen LogP contribution in [0.15, 0.2) is 18.2 Å². The van der Waals surface area contributed by atoms with E-state index in [0.717, 1.165) is 43.6 Å². The molecular formula is C25H26N2O7. The van der Waals surface area contributed by atoms with Crippen molar-refractivity contribution in [3.63, 3.8) is 0 Å². The summed E-state index contributed by atoms with van der Waals surface area (Å²) < 4.78 is 39.8. The molecule has 2 heterocycles. The van der Waals surface area contributed by atoms with Gasteiger partial charge in [0.05, 0.1) is 82.6 Å². The number of aromatic nitrogens is 2. The zero-order valence-electron chi connectivity index (χ0n) is 20.1. The Morgan fingerprint density at radius 3 is 1.50 bits per heavy atom. The third-order valence-corrected chi connectivity index (χ3v) is 6.22. The first-order chi connectivity index (χ1) is 16.6. The molecule has 0 saturated heterocycles. The maximum absolute atomic E-state index is 5.92. The average Bonchev–Trinajstić information content (AvgIpc) is 3.43. The van der Waals surface area contributed by atoms with Crippen molar-refractivity contribution in [1.29, 1.82) is 0 Å². The molecule has 3 aromatic carbocycles. The average molecular weight is 466 g/mol. The molecule has 2 aromatic heterocycles. The highest BCUT2D eigenvalue weighted by atomic mass is 16.5. The van der Waals surface area contributed by atoms with Gasteiger partial charge in [-0.2, -0.15) is 0 Å². The molecule has 0 saturated carbocycles. The van der Waals surface area contributed by atoms with Crippen LogP contribution < -0.4 is 33.2 Å². The summed E-state index contributed by atoms with van der Waals surface area (Å²) in [6.45, 7) is 0. The summed E-state index contributed by atoms with van der Waals surface area (Å²) in [6.07, 6.45) is 0. The first kappa shape index (κ1) is 21.7. The number of rotatable bonds is 7. The van der Waals surface area contributed by atoms with Crippen molar-refractivity contribution < 1.29 is 33.2 Å². The molecule has 0 aliphatic heterocycles. The van der Waals surface area contributed by atoms with Crippen LogP contribution >= 0.6 is 0 Å². The second-order valence-electron chi connectivity index (χ2n) is 7.64. The predicted molar refractivity (Wildman–Crippen MR) is 131 cm³/mol. The molecule has 0 aliphatic rings. The summed E-state index contributed by atoms with van der Waals surface area (Å²) in [5, 5.41) is 3.43. The number of hydrogen-bond donors (Lipinski definition) is 2. The summed E-state index contributed by atoms with van der Waals surface area (Å²) in [6, 6.07) is 5.73. The maximum atomic E-state index is 5.92. The second-order valence-corrected chi connectivity index (χ2v) is 7.64. The highest BCUT2D eigenvalue weighted by Gasteiger charge is 2.27. The molecule has 0 unspecified atom stereocenters. The Kier molecular flexibility index (Phi) is 5.11. The molecule has 0 bridgehead atoms. The van der Waals surface area contributed by atoms with E-state index in [-0.39, 0.29) is 0 Å². The van der Waals surface area contributed by atoms with Gasteiger partial charge in [-0.15, -0.1) is 0 Å². The van der Waals surface area contributed by atoms with Crippen LogP contribution in [0, 0.1) is 0 Å². The molecule has 0 radical (unpaired) electrons. The fraction of sp³-hybridized carbons (Fsp3) is 0.280.